The minimum atomic E-state index is -0.0587. The summed E-state index contributed by atoms with van der Waals surface area (Å²) in [6.45, 7) is 2.55. The van der Waals surface area contributed by atoms with E-state index in [1.54, 1.807) is 6.20 Å². The summed E-state index contributed by atoms with van der Waals surface area (Å²) in [7, 11) is 0. The number of nitrogens with zero attached hydrogens (tertiary/aromatic N) is 2. The first-order chi connectivity index (χ1) is 7.31. The molecule has 15 heavy (non-hydrogen) atoms. The molecule has 0 bridgehead atoms. The Labute approximate surface area is 88.7 Å². The molecule has 0 aromatic carbocycles. The zero-order valence-electron chi connectivity index (χ0n) is 8.72. The number of ether oxygens (including phenoxy) is 1. The lowest BCUT2D eigenvalue weighted by Gasteiger charge is -2.11. The first-order valence-corrected chi connectivity index (χ1v) is 5.22. The highest BCUT2D eigenvalue weighted by Gasteiger charge is 2.35. The SMILES string of the molecule is CCC1C(=O)OCC1Cc1ccncn1. The molecular weight excluding hydrogens is 192 g/mol. The number of cyclic esters (lactones) is 1. The molecule has 0 spiro atoms. The molecule has 1 saturated heterocycles. The Morgan fingerprint density at radius 3 is 3.13 bits per heavy atom. The second-order valence-corrected chi connectivity index (χ2v) is 3.81. The summed E-state index contributed by atoms with van der Waals surface area (Å²) in [6.07, 6.45) is 4.90. The van der Waals surface area contributed by atoms with Gasteiger partial charge in [0.2, 0.25) is 0 Å². The maximum Gasteiger partial charge on any atom is 0.309 e. The Bertz CT molecular complexity index is 340. The van der Waals surface area contributed by atoms with E-state index >= 15 is 0 Å². The van der Waals surface area contributed by atoms with Gasteiger partial charge in [-0.25, -0.2) is 9.97 Å². The van der Waals surface area contributed by atoms with Gasteiger partial charge in [-0.2, -0.15) is 0 Å². The summed E-state index contributed by atoms with van der Waals surface area (Å²) < 4.78 is 5.06. The topological polar surface area (TPSA) is 52.1 Å². The van der Waals surface area contributed by atoms with E-state index in [1.807, 2.05) is 13.0 Å². The van der Waals surface area contributed by atoms with Gasteiger partial charge in [0.05, 0.1) is 12.5 Å². The summed E-state index contributed by atoms with van der Waals surface area (Å²) >= 11 is 0. The molecule has 0 N–H and O–H groups in total. The molecule has 4 nitrogen and oxygen atoms in total. The summed E-state index contributed by atoms with van der Waals surface area (Å²) in [5.74, 6) is 0.258. The van der Waals surface area contributed by atoms with Crippen molar-refractivity contribution in [1.29, 1.82) is 0 Å². The molecule has 1 fully saturated rings. The molecule has 1 aliphatic heterocycles. The maximum atomic E-state index is 11.4. The van der Waals surface area contributed by atoms with Crippen molar-refractivity contribution in [2.45, 2.75) is 19.8 Å². The Morgan fingerprint density at radius 1 is 1.60 bits per heavy atom. The second-order valence-electron chi connectivity index (χ2n) is 3.81. The van der Waals surface area contributed by atoms with Crippen LogP contribution in [-0.4, -0.2) is 22.5 Å². The van der Waals surface area contributed by atoms with E-state index in [0.717, 1.165) is 18.5 Å². The first-order valence-electron chi connectivity index (χ1n) is 5.22. The van der Waals surface area contributed by atoms with Gasteiger partial charge in [-0.1, -0.05) is 6.92 Å². The number of aromatic nitrogens is 2. The molecule has 0 aliphatic carbocycles. The van der Waals surface area contributed by atoms with Crippen LogP contribution in [-0.2, 0) is 16.0 Å². The Hall–Kier alpha value is -1.45. The van der Waals surface area contributed by atoms with Crippen LogP contribution >= 0.6 is 0 Å². The van der Waals surface area contributed by atoms with Gasteiger partial charge in [0, 0.05) is 17.8 Å². The quantitative estimate of drug-likeness (QED) is 0.698. The van der Waals surface area contributed by atoms with Gasteiger partial charge in [-0.05, 0) is 18.9 Å². The third-order valence-corrected chi connectivity index (χ3v) is 2.87. The summed E-state index contributed by atoms with van der Waals surface area (Å²) in [4.78, 5) is 19.4. The van der Waals surface area contributed by atoms with E-state index in [-0.39, 0.29) is 17.8 Å². The van der Waals surface area contributed by atoms with Crippen LogP contribution in [0.3, 0.4) is 0 Å². The van der Waals surface area contributed by atoms with Crippen LogP contribution in [0.1, 0.15) is 19.0 Å². The molecule has 0 amide bonds. The van der Waals surface area contributed by atoms with Crippen LogP contribution in [0.5, 0.6) is 0 Å². The molecule has 0 radical (unpaired) electrons. The Morgan fingerprint density at radius 2 is 2.47 bits per heavy atom. The lowest BCUT2D eigenvalue weighted by Crippen LogP contribution is -2.17. The van der Waals surface area contributed by atoms with Gasteiger partial charge >= 0.3 is 5.97 Å². The van der Waals surface area contributed by atoms with E-state index in [0.29, 0.717) is 6.61 Å². The molecule has 2 unspecified atom stereocenters. The molecule has 2 rings (SSSR count). The van der Waals surface area contributed by atoms with Gasteiger partial charge in [-0.3, -0.25) is 4.79 Å². The molecule has 1 aromatic rings. The monoisotopic (exact) mass is 206 g/mol. The van der Waals surface area contributed by atoms with Crippen molar-refractivity contribution in [2.75, 3.05) is 6.61 Å². The smallest absolute Gasteiger partial charge is 0.309 e. The van der Waals surface area contributed by atoms with Crippen LogP contribution < -0.4 is 0 Å². The fourth-order valence-electron chi connectivity index (χ4n) is 2.01. The molecule has 2 atom stereocenters. The van der Waals surface area contributed by atoms with Crippen molar-refractivity contribution in [3.05, 3.63) is 24.3 Å². The van der Waals surface area contributed by atoms with Gasteiger partial charge < -0.3 is 4.74 Å². The second kappa shape index (κ2) is 4.38. The Kier molecular flexibility index (Phi) is 2.94. The molecule has 0 saturated carbocycles. The third kappa shape index (κ3) is 2.14. The van der Waals surface area contributed by atoms with Gasteiger partial charge in [0.25, 0.3) is 0 Å². The lowest BCUT2D eigenvalue weighted by atomic mass is 9.89. The number of hydrogen-bond acceptors (Lipinski definition) is 4. The van der Waals surface area contributed by atoms with Crippen LogP contribution in [0.15, 0.2) is 18.6 Å². The number of carbonyl (C=O) groups is 1. The summed E-state index contributed by atoms with van der Waals surface area (Å²) in [5.41, 5.74) is 0.978. The van der Waals surface area contributed by atoms with Crippen molar-refractivity contribution in [1.82, 2.24) is 9.97 Å². The van der Waals surface area contributed by atoms with Gasteiger partial charge in [-0.15, -0.1) is 0 Å². The average molecular weight is 206 g/mol. The molecular formula is C11H14N2O2. The molecule has 2 heterocycles. The van der Waals surface area contributed by atoms with E-state index in [9.17, 15) is 4.79 Å². The van der Waals surface area contributed by atoms with Crippen molar-refractivity contribution in [2.24, 2.45) is 11.8 Å². The van der Waals surface area contributed by atoms with Crippen molar-refractivity contribution in [3.63, 3.8) is 0 Å². The maximum absolute atomic E-state index is 11.4. The number of rotatable bonds is 3. The fraction of sp³-hybridized carbons (Fsp3) is 0.545. The van der Waals surface area contributed by atoms with E-state index in [2.05, 4.69) is 9.97 Å². The molecule has 1 aromatic heterocycles. The number of esters is 1. The number of carbonyl (C=O) groups excluding carboxylic acids is 1. The normalized spacial score (nSPS) is 25.3. The highest BCUT2D eigenvalue weighted by Crippen LogP contribution is 2.27. The predicted octanol–water partition coefficient (Wildman–Crippen LogP) is 1.22. The Balaban J connectivity index is 2.04. The van der Waals surface area contributed by atoms with Crippen molar-refractivity contribution in [3.8, 4) is 0 Å². The summed E-state index contributed by atoms with van der Waals surface area (Å²) in [5, 5.41) is 0. The standard InChI is InChI=1S/C11H14N2O2/c1-2-10-8(6-15-11(10)14)5-9-3-4-12-7-13-9/h3-4,7-8,10H,2,5-6H2,1H3. The van der Waals surface area contributed by atoms with Gasteiger partial charge in [0.15, 0.2) is 0 Å². The van der Waals surface area contributed by atoms with Gasteiger partial charge in [0.1, 0.15) is 6.33 Å². The zero-order chi connectivity index (χ0) is 10.7. The van der Waals surface area contributed by atoms with Crippen LogP contribution in [0.2, 0.25) is 0 Å². The minimum Gasteiger partial charge on any atom is -0.465 e. The average Bonchev–Trinajstić information content (AvgIpc) is 2.61. The zero-order valence-corrected chi connectivity index (χ0v) is 8.72. The van der Waals surface area contributed by atoms with E-state index in [1.165, 1.54) is 6.33 Å². The molecule has 80 valence electrons. The van der Waals surface area contributed by atoms with E-state index in [4.69, 9.17) is 4.74 Å². The molecule has 4 heteroatoms. The predicted molar refractivity (Wildman–Crippen MR) is 54.0 cm³/mol. The van der Waals surface area contributed by atoms with Crippen molar-refractivity contribution >= 4 is 5.97 Å². The van der Waals surface area contributed by atoms with E-state index < -0.39 is 0 Å². The van der Waals surface area contributed by atoms with Crippen LogP contribution in [0.4, 0.5) is 0 Å². The highest BCUT2D eigenvalue weighted by atomic mass is 16.5. The molecule has 1 aliphatic rings. The largest absolute Gasteiger partial charge is 0.465 e. The fourth-order valence-corrected chi connectivity index (χ4v) is 2.01. The number of hydrogen-bond donors (Lipinski definition) is 0. The minimum absolute atomic E-state index is 0.0416. The van der Waals surface area contributed by atoms with Crippen molar-refractivity contribution < 1.29 is 9.53 Å². The summed E-state index contributed by atoms with van der Waals surface area (Å²) in [6, 6.07) is 1.88. The third-order valence-electron chi connectivity index (χ3n) is 2.87. The first kappa shape index (κ1) is 10.1. The van der Waals surface area contributed by atoms with Crippen LogP contribution in [0, 0.1) is 11.8 Å². The highest BCUT2D eigenvalue weighted by molar-refractivity contribution is 5.74. The van der Waals surface area contributed by atoms with Crippen LogP contribution in [0.25, 0.3) is 0 Å². The lowest BCUT2D eigenvalue weighted by molar-refractivity contribution is -0.141.